The van der Waals surface area contributed by atoms with Crippen molar-refractivity contribution in [1.82, 2.24) is 0 Å². The van der Waals surface area contributed by atoms with Crippen molar-refractivity contribution in [3.05, 3.63) is 40.4 Å². The molecule has 96 valence electrons. The molecule has 1 aromatic carbocycles. The molecule has 0 radical (unpaired) electrons. The van der Waals surface area contributed by atoms with Crippen molar-refractivity contribution >= 4 is 17.6 Å². The lowest BCUT2D eigenvalue weighted by Crippen LogP contribution is -2.36. The summed E-state index contributed by atoms with van der Waals surface area (Å²) in [5.41, 5.74) is 5.48. The number of nitrogens with two attached hydrogens (primary N) is 1. The second-order valence-electron chi connectivity index (χ2n) is 3.37. The van der Waals surface area contributed by atoms with E-state index in [1.807, 2.05) is 0 Å². The summed E-state index contributed by atoms with van der Waals surface area (Å²) in [5.74, 6) is -1.95. The number of hydrogen-bond donors (Lipinski definition) is 2. The van der Waals surface area contributed by atoms with Gasteiger partial charge < -0.3 is 11.1 Å². The van der Waals surface area contributed by atoms with Gasteiger partial charge in [-0.2, -0.15) is 0 Å². The molecule has 1 aromatic rings. The van der Waals surface area contributed by atoms with Crippen LogP contribution in [0.5, 0.6) is 0 Å². The maximum Gasteiger partial charge on any atom is 0.326 e. The van der Waals surface area contributed by atoms with Crippen LogP contribution in [0.2, 0.25) is 0 Å². The minimum Gasteiger partial charge on any atom is -0.373 e. The van der Waals surface area contributed by atoms with E-state index in [0.29, 0.717) is 5.69 Å². The van der Waals surface area contributed by atoms with Gasteiger partial charge in [0.25, 0.3) is 0 Å². The van der Waals surface area contributed by atoms with Crippen molar-refractivity contribution in [2.45, 2.75) is 12.5 Å². The lowest BCUT2D eigenvalue weighted by atomic mass is 10.2. The number of anilines is 1. The Hall–Kier alpha value is -2.64. The Morgan fingerprint density at radius 2 is 2.00 bits per heavy atom. The standard InChI is InChI=1S/C10H11N3O5/c11-9(14)6-8(10(15)18-13(16)17)12-7-4-2-1-3-5-7/h1-5,8,12H,6H2,(H2,11,14)/t8-/m0/s1. The summed E-state index contributed by atoms with van der Waals surface area (Å²) in [6, 6.07) is 7.21. The largest absolute Gasteiger partial charge is 0.373 e. The van der Waals surface area contributed by atoms with Gasteiger partial charge in [0, 0.05) is 5.69 Å². The molecule has 1 amide bonds. The number of amides is 1. The molecule has 0 aromatic heterocycles. The smallest absolute Gasteiger partial charge is 0.326 e. The molecule has 0 heterocycles. The van der Waals surface area contributed by atoms with Crippen molar-refractivity contribution in [3.8, 4) is 0 Å². The highest BCUT2D eigenvalue weighted by Gasteiger charge is 2.23. The summed E-state index contributed by atoms with van der Waals surface area (Å²) in [5, 5.41) is 11.5. The van der Waals surface area contributed by atoms with Crippen molar-refractivity contribution in [3.63, 3.8) is 0 Å². The topological polar surface area (TPSA) is 125 Å². The van der Waals surface area contributed by atoms with E-state index in [1.54, 1.807) is 30.3 Å². The number of benzene rings is 1. The van der Waals surface area contributed by atoms with Gasteiger partial charge in [-0.3, -0.25) is 9.59 Å². The molecule has 8 heteroatoms. The van der Waals surface area contributed by atoms with Crippen LogP contribution in [0.25, 0.3) is 0 Å². The summed E-state index contributed by atoms with van der Waals surface area (Å²) in [7, 11) is 0. The summed E-state index contributed by atoms with van der Waals surface area (Å²) in [6.07, 6.45) is -0.401. The fourth-order valence-corrected chi connectivity index (χ4v) is 1.27. The average Bonchev–Trinajstić information content (AvgIpc) is 2.28. The van der Waals surface area contributed by atoms with E-state index >= 15 is 0 Å². The summed E-state index contributed by atoms with van der Waals surface area (Å²) in [6.45, 7) is 0. The third-order valence-corrected chi connectivity index (χ3v) is 1.97. The van der Waals surface area contributed by atoms with Gasteiger partial charge in [0.1, 0.15) is 6.04 Å². The van der Waals surface area contributed by atoms with Crippen LogP contribution in [0.3, 0.4) is 0 Å². The number of carbonyl (C=O) groups excluding carboxylic acids is 2. The zero-order chi connectivity index (χ0) is 13.5. The van der Waals surface area contributed by atoms with Gasteiger partial charge in [0.05, 0.1) is 6.42 Å². The van der Waals surface area contributed by atoms with E-state index in [1.165, 1.54) is 0 Å². The minimum atomic E-state index is -1.23. The molecule has 0 spiro atoms. The number of para-hydroxylation sites is 1. The third kappa shape index (κ3) is 4.47. The molecular formula is C10H11N3O5. The maximum atomic E-state index is 11.4. The quantitative estimate of drug-likeness (QED) is 0.546. The molecule has 0 bridgehead atoms. The predicted molar refractivity (Wildman–Crippen MR) is 60.8 cm³/mol. The molecule has 0 unspecified atom stereocenters. The third-order valence-electron chi connectivity index (χ3n) is 1.97. The second kappa shape index (κ2) is 6.18. The van der Waals surface area contributed by atoms with E-state index < -0.39 is 29.4 Å². The molecule has 1 rings (SSSR count). The number of nitrogens with one attached hydrogen (secondary N) is 1. The normalized spacial score (nSPS) is 11.3. The van der Waals surface area contributed by atoms with E-state index in [9.17, 15) is 19.7 Å². The first-order chi connectivity index (χ1) is 8.49. The highest BCUT2D eigenvalue weighted by Crippen LogP contribution is 2.10. The summed E-state index contributed by atoms with van der Waals surface area (Å²) < 4.78 is 0. The Morgan fingerprint density at radius 3 is 2.50 bits per heavy atom. The number of primary amides is 1. The molecule has 0 saturated heterocycles. The summed E-state index contributed by atoms with van der Waals surface area (Å²) >= 11 is 0. The van der Waals surface area contributed by atoms with Crippen molar-refractivity contribution in [2.75, 3.05) is 5.32 Å². The van der Waals surface area contributed by atoms with Gasteiger partial charge in [-0.25, -0.2) is 4.84 Å². The monoisotopic (exact) mass is 253 g/mol. The van der Waals surface area contributed by atoms with E-state index in [-0.39, 0.29) is 0 Å². The predicted octanol–water partition coefficient (Wildman–Crippen LogP) is 0.0774. The Balaban J connectivity index is 2.75. The first-order valence-corrected chi connectivity index (χ1v) is 4.95. The molecule has 3 N–H and O–H groups in total. The van der Waals surface area contributed by atoms with Gasteiger partial charge in [-0.1, -0.05) is 18.2 Å². The van der Waals surface area contributed by atoms with Crippen LogP contribution in [-0.2, 0) is 14.4 Å². The Morgan fingerprint density at radius 1 is 1.39 bits per heavy atom. The average molecular weight is 253 g/mol. The molecule has 18 heavy (non-hydrogen) atoms. The molecule has 0 saturated carbocycles. The highest BCUT2D eigenvalue weighted by atomic mass is 17.0. The fourth-order valence-electron chi connectivity index (χ4n) is 1.27. The number of hydrogen-bond acceptors (Lipinski definition) is 6. The number of nitrogens with zero attached hydrogens (tertiary/aromatic N) is 1. The van der Waals surface area contributed by atoms with Crippen LogP contribution in [0, 0.1) is 10.1 Å². The van der Waals surface area contributed by atoms with E-state index in [0.717, 1.165) is 0 Å². The molecule has 0 aliphatic heterocycles. The van der Waals surface area contributed by atoms with Crippen LogP contribution in [-0.4, -0.2) is 23.0 Å². The van der Waals surface area contributed by atoms with Crippen LogP contribution in [0.15, 0.2) is 30.3 Å². The molecule has 1 atom stereocenters. The van der Waals surface area contributed by atoms with E-state index in [4.69, 9.17) is 5.73 Å². The second-order valence-corrected chi connectivity index (χ2v) is 3.37. The maximum absolute atomic E-state index is 11.4. The SMILES string of the molecule is NC(=O)C[C@H](Nc1ccccc1)C(=O)O[N+](=O)[O-]. The van der Waals surface area contributed by atoms with Crippen LogP contribution in [0.4, 0.5) is 5.69 Å². The molecule has 0 aliphatic carbocycles. The Labute approximate surface area is 102 Å². The van der Waals surface area contributed by atoms with Crippen molar-refractivity contribution in [2.24, 2.45) is 5.73 Å². The molecule has 8 nitrogen and oxygen atoms in total. The minimum absolute atomic E-state index is 0.401. The van der Waals surface area contributed by atoms with Gasteiger partial charge in [0.2, 0.25) is 5.91 Å². The first kappa shape index (κ1) is 13.4. The van der Waals surface area contributed by atoms with E-state index in [2.05, 4.69) is 10.2 Å². The zero-order valence-electron chi connectivity index (χ0n) is 9.24. The summed E-state index contributed by atoms with van der Waals surface area (Å²) in [4.78, 5) is 36.0. The lowest BCUT2D eigenvalue weighted by molar-refractivity contribution is -0.729. The van der Waals surface area contributed by atoms with Gasteiger partial charge >= 0.3 is 11.1 Å². The van der Waals surface area contributed by atoms with Gasteiger partial charge in [-0.15, -0.1) is 10.1 Å². The first-order valence-electron chi connectivity index (χ1n) is 4.95. The number of rotatable bonds is 6. The van der Waals surface area contributed by atoms with Crippen molar-refractivity contribution in [1.29, 1.82) is 0 Å². The molecular weight excluding hydrogens is 242 g/mol. The van der Waals surface area contributed by atoms with Gasteiger partial charge in [0.15, 0.2) is 0 Å². The van der Waals surface area contributed by atoms with Crippen LogP contribution < -0.4 is 11.1 Å². The Kier molecular flexibility index (Phi) is 4.61. The number of carbonyl (C=O) groups is 2. The zero-order valence-corrected chi connectivity index (χ0v) is 9.24. The Bertz CT molecular complexity index is 448. The molecule has 0 aliphatic rings. The highest BCUT2D eigenvalue weighted by molar-refractivity contribution is 5.86. The van der Waals surface area contributed by atoms with Crippen molar-refractivity contribution < 1.29 is 19.5 Å². The molecule has 0 fully saturated rings. The van der Waals surface area contributed by atoms with Crippen LogP contribution >= 0.6 is 0 Å². The van der Waals surface area contributed by atoms with Crippen LogP contribution in [0.1, 0.15) is 6.42 Å². The fraction of sp³-hybridized carbons (Fsp3) is 0.200. The lowest BCUT2D eigenvalue weighted by Gasteiger charge is -2.15. The van der Waals surface area contributed by atoms with Gasteiger partial charge in [-0.05, 0) is 12.1 Å².